The molecule has 0 aromatic heterocycles. The summed E-state index contributed by atoms with van der Waals surface area (Å²) in [5.41, 5.74) is 2.74. The van der Waals surface area contributed by atoms with Gasteiger partial charge >= 0.3 is 23.9 Å². The Balaban J connectivity index is 1.73. The zero-order chi connectivity index (χ0) is 39.6. The van der Waals surface area contributed by atoms with Crippen LogP contribution in [0.3, 0.4) is 0 Å². The molecule has 55 heavy (non-hydrogen) atoms. The molecule has 274 valence electrons. The Morgan fingerprint density at radius 2 is 0.836 bits per heavy atom. The maximum Gasteiger partial charge on any atom is 0.338 e. The second-order valence-electron chi connectivity index (χ2n) is 13.4. The third-order valence-electron chi connectivity index (χ3n) is 8.89. The highest BCUT2D eigenvalue weighted by atomic mass is 16.5. The van der Waals surface area contributed by atoms with Gasteiger partial charge < -0.3 is 18.9 Å². The summed E-state index contributed by atoms with van der Waals surface area (Å²) in [5, 5.41) is 4.57. The number of esters is 4. The van der Waals surface area contributed by atoms with Crippen LogP contribution in [0.5, 0.6) is 23.0 Å². The maximum absolute atomic E-state index is 13.3. The van der Waals surface area contributed by atoms with E-state index in [0.717, 1.165) is 16.3 Å². The predicted octanol–water partition coefficient (Wildman–Crippen LogP) is 10.3. The van der Waals surface area contributed by atoms with Crippen LogP contribution in [0, 0.1) is 0 Å². The molecule has 0 amide bonds. The molecule has 8 heteroatoms. The fourth-order valence-electron chi connectivity index (χ4n) is 6.15. The molecule has 0 aliphatic heterocycles. The highest BCUT2D eigenvalue weighted by Crippen LogP contribution is 2.48. The molecule has 0 atom stereocenters. The summed E-state index contributed by atoms with van der Waals surface area (Å²) >= 11 is 0. The number of fused-ring (bicyclic) bond motifs is 3. The standard InChI is InChI=1S/C47H38O8/c1-26(2)44(48)52-35-17-19-37-32(24-35)15-21-39(54-46(50)28(5)6)42(37)41(34-14-13-30-11-9-10-12-31(30)23-34)43-38-20-18-36(53-45(49)27(3)4)25-33(38)16-22-40(43)55-47(51)29(7)8/h9-25,41H,1,3,5,7H2,2,4,6,8H3. The maximum atomic E-state index is 13.3. The van der Waals surface area contributed by atoms with E-state index in [1.54, 1.807) is 88.4 Å². The monoisotopic (exact) mass is 730 g/mol. The molecule has 0 heterocycles. The van der Waals surface area contributed by atoms with Crippen molar-refractivity contribution in [3.05, 3.63) is 168 Å². The molecule has 0 spiro atoms. The summed E-state index contributed by atoms with van der Waals surface area (Å²) in [6.07, 6.45) is 0. The summed E-state index contributed by atoms with van der Waals surface area (Å²) in [6, 6.07) is 31.1. The number of rotatable bonds is 11. The molecule has 8 nitrogen and oxygen atoms in total. The Kier molecular flexibility index (Phi) is 10.6. The minimum atomic E-state index is -0.773. The van der Waals surface area contributed by atoms with Crippen LogP contribution >= 0.6 is 0 Å². The van der Waals surface area contributed by atoms with Crippen molar-refractivity contribution in [1.29, 1.82) is 0 Å². The molecule has 0 saturated carbocycles. The number of hydrogen-bond acceptors (Lipinski definition) is 8. The van der Waals surface area contributed by atoms with Gasteiger partial charge in [0.15, 0.2) is 0 Å². The van der Waals surface area contributed by atoms with Gasteiger partial charge in [-0.15, -0.1) is 0 Å². The first-order valence-electron chi connectivity index (χ1n) is 17.3. The molecule has 0 aliphatic rings. The fraction of sp³-hybridized carbons (Fsp3) is 0.106. The van der Waals surface area contributed by atoms with Crippen LogP contribution in [0.2, 0.25) is 0 Å². The van der Waals surface area contributed by atoms with Crippen molar-refractivity contribution >= 4 is 56.2 Å². The van der Waals surface area contributed by atoms with Crippen molar-refractivity contribution in [2.75, 3.05) is 0 Å². The smallest absolute Gasteiger partial charge is 0.338 e. The van der Waals surface area contributed by atoms with Gasteiger partial charge in [-0.05, 0) is 102 Å². The van der Waals surface area contributed by atoms with Crippen molar-refractivity contribution in [3.63, 3.8) is 0 Å². The second-order valence-corrected chi connectivity index (χ2v) is 13.4. The molecular weight excluding hydrogens is 693 g/mol. The topological polar surface area (TPSA) is 105 Å². The van der Waals surface area contributed by atoms with Crippen LogP contribution in [-0.4, -0.2) is 23.9 Å². The second kappa shape index (κ2) is 15.5. The third kappa shape index (κ3) is 7.99. The van der Waals surface area contributed by atoms with Gasteiger partial charge in [0.05, 0.1) is 0 Å². The minimum Gasteiger partial charge on any atom is -0.423 e. The van der Waals surface area contributed by atoms with Gasteiger partial charge in [0.2, 0.25) is 0 Å². The zero-order valence-corrected chi connectivity index (χ0v) is 31.0. The highest BCUT2D eigenvalue weighted by Gasteiger charge is 2.30. The molecule has 0 fully saturated rings. The van der Waals surface area contributed by atoms with Gasteiger partial charge in [0, 0.05) is 39.3 Å². The van der Waals surface area contributed by atoms with E-state index < -0.39 is 29.8 Å². The van der Waals surface area contributed by atoms with E-state index in [1.807, 2.05) is 42.5 Å². The van der Waals surface area contributed by atoms with Crippen LogP contribution in [0.4, 0.5) is 0 Å². The predicted molar refractivity (Wildman–Crippen MR) is 215 cm³/mol. The summed E-state index contributed by atoms with van der Waals surface area (Å²) in [7, 11) is 0. The van der Waals surface area contributed by atoms with Gasteiger partial charge in [0.1, 0.15) is 23.0 Å². The molecule has 6 aromatic carbocycles. The average molecular weight is 731 g/mol. The highest BCUT2D eigenvalue weighted by molar-refractivity contribution is 5.99. The lowest BCUT2D eigenvalue weighted by Gasteiger charge is -2.27. The van der Waals surface area contributed by atoms with Crippen molar-refractivity contribution in [2.45, 2.75) is 33.6 Å². The van der Waals surface area contributed by atoms with Crippen LogP contribution in [0.25, 0.3) is 32.3 Å². The van der Waals surface area contributed by atoms with E-state index in [2.05, 4.69) is 26.3 Å². The van der Waals surface area contributed by atoms with Crippen LogP contribution in [0.1, 0.15) is 50.3 Å². The average Bonchev–Trinajstić information content (AvgIpc) is 3.15. The van der Waals surface area contributed by atoms with Gasteiger partial charge in [0.25, 0.3) is 0 Å². The van der Waals surface area contributed by atoms with E-state index in [-0.39, 0.29) is 33.8 Å². The summed E-state index contributed by atoms with van der Waals surface area (Å²) < 4.78 is 23.3. The van der Waals surface area contributed by atoms with Gasteiger partial charge in [-0.2, -0.15) is 0 Å². The van der Waals surface area contributed by atoms with Crippen molar-refractivity contribution in [2.24, 2.45) is 0 Å². The fourth-order valence-corrected chi connectivity index (χ4v) is 6.15. The summed E-state index contributed by atoms with van der Waals surface area (Å²) in [6.45, 7) is 21.2. The SMILES string of the molecule is C=C(C)C(=O)Oc1ccc2c(C(c3ccc4ccccc4c3)c3c(OC(=O)C(=C)C)ccc4cc(OC(=O)C(=C)C)ccc34)c(OC(=O)C(=C)C)ccc2c1. The lowest BCUT2D eigenvalue weighted by atomic mass is 9.79. The first kappa shape index (κ1) is 37.7. The van der Waals surface area contributed by atoms with E-state index in [1.165, 1.54) is 0 Å². The number of hydrogen-bond donors (Lipinski definition) is 0. The lowest BCUT2D eigenvalue weighted by molar-refractivity contribution is -0.131. The zero-order valence-electron chi connectivity index (χ0n) is 31.0. The van der Waals surface area contributed by atoms with E-state index in [0.29, 0.717) is 44.2 Å². The number of carbonyl (C=O) groups is 4. The van der Waals surface area contributed by atoms with Gasteiger partial charge in [-0.25, -0.2) is 19.2 Å². The molecule has 0 radical (unpaired) electrons. The molecule has 0 aliphatic carbocycles. The molecule has 0 saturated heterocycles. The Bertz CT molecular complexity index is 2500. The van der Waals surface area contributed by atoms with Crippen LogP contribution < -0.4 is 18.9 Å². The number of ether oxygens (including phenoxy) is 4. The Hall–Kier alpha value is -7.06. The molecule has 0 bridgehead atoms. The first-order chi connectivity index (χ1) is 26.2. The van der Waals surface area contributed by atoms with E-state index >= 15 is 0 Å². The first-order valence-corrected chi connectivity index (χ1v) is 17.3. The summed E-state index contributed by atoms with van der Waals surface area (Å²) in [4.78, 5) is 51.5. The Morgan fingerprint density at radius 3 is 1.27 bits per heavy atom. The molecule has 0 N–H and O–H groups in total. The quantitative estimate of drug-likeness (QED) is 0.0561. The third-order valence-corrected chi connectivity index (χ3v) is 8.89. The van der Waals surface area contributed by atoms with Crippen molar-refractivity contribution in [1.82, 2.24) is 0 Å². The lowest BCUT2D eigenvalue weighted by Crippen LogP contribution is -2.16. The molecular formula is C47H38O8. The van der Waals surface area contributed by atoms with E-state index in [4.69, 9.17) is 18.9 Å². The van der Waals surface area contributed by atoms with Crippen LogP contribution in [-0.2, 0) is 19.2 Å². The van der Waals surface area contributed by atoms with Gasteiger partial charge in [-0.3, -0.25) is 0 Å². The van der Waals surface area contributed by atoms with Crippen LogP contribution in [0.15, 0.2) is 152 Å². The number of benzene rings is 6. The molecule has 6 aromatic rings. The molecule has 0 unspecified atom stereocenters. The Morgan fingerprint density at radius 1 is 0.436 bits per heavy atom. The van der Waals surface area contributed by atoms with Gasteiger partial charge in [-0.1, -0.05) is 93.0 Å². The van der Waals surface area contributed by atoms with E-state index in [9.17, 15) is 19.2 Å². The van der Waals surface area contributed by atoms with Crippen molar-refractivity contribution in [3.8, 4) is 23.0 Å². The normalized spacial score (nSPS) is 10.9. The molecule has 6 rings (SSSR count). The van der Waals surface area contributed by atoms with Crippen molar-refractivity contribution < 1.29 is 38.1 Å². The largest absolute Gasteiger partial charge is 0.423 e. The number of carbonyl (C=O) groups excluding carboxylic acids is 4. The Labute approximate surface area is 318 Å². The minimum absolute atomic E-state index is 0.188. The summed E-state index contributed by atoms with van der Waals surface area (Å²) in [5.74, 6) is -2.16.